The second-order valence-electron chi connectivity index (χ2n) is 3.62. The number of unbranched alkanes of at least 4 members (excludes halogenated alkanes) is 3. The molecule has 0 amide bonds. The van der Waals surface area contributed by atoms with Gasteiger partial charge in [-0.05, 0) is 24.6 Å². The quantitative estimate of drug-likeness (QED) is 0.697. The minimum Gasteiger partial charge on any atom is -0.385 e. The molecule has 1 rings (SSSR count). The summed E-state index contributed by atoms with van der Waals surface area (Å²) < 4.78 is 0. The Balaban J connectivity index is 2.28. The fraction of sp³-hybridized carbons (Fsp3) is 0.500. The van der Waals surface area contributed by atoms with Crippen molar-refractivity contribution >= 4 is 28.9 Å². The molecule has 1 aromatic rings. The van der Waals surface area contributed by atoms with Crippen LogP contribution in [0.2, 0.25) is 10.0 Å². The van der Waals surface area contributed by atoms with Crippen molar-refractivity contribution in [3.63, 3.8) is 0 Å². The van der Waals surface area contributed by atoms with Gasteiger partial charge in [0.05, 0.1) is 10.0 Å². The van der Waals surface area contributed by atoms with Crippen LogP contribution in [0.3, 0.4) is 0 Å². The summed E-state index contributed by atoms with van der Waals surface area (Å²) in [7, 11) is 0. The van der Waals surface area contributed by atoms with Crippen molar-refractivity contribution in [2.45, 2.75) is 32.6 Å². The van der Waals surface area contributed by atoms with Crippen LogP contribution >= 0.6 is 23.2 Å². The maximum Gasteiger partial charge on any atom is 0.0612 e. The van der Waals surface area contributed by atoms with E-state index in [4.69, 9.17) is 23.2 Å². The van der Waals surface area contributed by atoms with Crippen LogP contribution in [-0.2, 0) is 0 Å². The molecule has 0 aliphatic carbocycles. The highest BCUT2D eigenvalue weighted by molar-refractivity contribution is 6.42. The number of benzene rings is 1. The highest BCUT2D eigenvalue weighted by Gasteiger charge is 1.98. The van der Waals surface area contributed by atoms with Gasteiger partial charge in [0.1, 0.15) is 0 Å². The molecule has 0 unspecified atom stereocenters. The summed E-state index contributed by atoms with van der Waals surface area (Å²) in [4.78, 5) is 0. The summed E-state index contributed by atoms with van der Waals surface area (Å²) in [6.45, 7) is 3.21. The highest BCUT2D eigenvalue weighted by Crippen LogP contribution is 2.24. The second-order valence-corrected chi connectivity index (χ2v) is 4.43. The minimum atomic E-state index is 0.605. The molecule has 0 bridgehead atoms. The lowest BCUT2D eigenvalue weighted by Crippen LogP contribution is -2.01. The molecular formula is C12H17Cl2N. The van der Waals surface area contributed by atoms with Gasteiger partial charge in [0.15, 0.2) is 0 Å². The first-order valence-electron chi connectivity index (χ1n) is 5.43. The van der Waals surface area contributed by atoms with Gasteiger partial charge in [0, 0.05) is 12.2 Å². The van der Waals surface area contributed by atoms with Gasteiger partial charge >= 0.3 is 0 Å². The Hall–Kier alpha value is -0.400. The van der Waals surface area contributed by atoms with E-state index < -0.39 is 0 Å². The van der Waals surface area contributed by atoms with Crippen molar-refractivity contribution < 1.29 is 0 Å². The molecule has 0 aliphatic rings. The Morgan fingerprint density at radius 2 is 1.87 bits per heavy atom. The zero-order chi connectivity index (χ0) is 11.1. The van der Waals surface area contributed by atoms with E-state index in [0.29, 0.717) is 10.0 Å². The van der Waals surface area contributed by atoms with E-state index >= 15 is 0 Å². The minimum absolute atomic E-state index is 0.605. The molecule has 0 fully saturated rings. The van der Waals surface area contributed by atoms with Crippen LogP contribution in [0.4, 0.5) is 5.69 Å². The van der Waals surface area contributed by atoms with E-state index in [1.54, 1.807) is 0 Å². The van der Waals surface area contributed by atoms with E-state index in [9.17, 15) is 0 Å². The summed E-state index contributed by atoms with van der Waals surface area (Å²) in [5, 5.41) is 4.54. The molecule has 0 aromatic heterocycles. The Bertz CT molecular complexity index is 300. The lowest BCUT2D eigenvalue weighted by molar-refractivity contribution is 0.685. The van der Waals surface area contributed by atoms with E-state index in [-0.39, 0.29) is 0 Å². The smallest absolute Gasteiger partial charge is 0.0612 e. The number of rotatable bonds is 6. The van der Waals surface area contributed by atoms with Crippen LogP contribution in [0.25, 0.3) is 0 Å². The summed E-state index contributed by atoms with van der Waals surface area (Å²) in [6.07, 6.45) is 5.06. The Labute approximate surface area is 102 Å². The van der Waals surface area contributed by atoms with Gasteiger partial charge in [-0.2, -0.15) is 0 Å². The standard InChI is InChI=1S/C12H17Cl2N/c1-2-3-4-5-8-15-10-6-7-11(13)12(14)9-10/h6-7,9,15H,2-5,8H2,1H3. The number of anilines is 1. The van der Waals surface area contributed by atoms with Crippen LogP contribution in [0, 0.1) is 0 Å². The maximum absolute atomic E-state index is 5.90. The Morgan fingerprint density at radius 3 is 2.53 bits per heavy atom. The van der Waals surface area contributed by atoms with Crippen LogP contribution < -0.4 is 5.32 Å². The lowest BCUT2D eigenvalue weighted by Gasteiger charge is -2.06. The molecule has 0 heterocycles. The zero-order valence-electron chi connectivity index (χ0n) is 9.02. The van der Waals surface area contributed by atoms with Gasteiger partial charge in [-0.3, -0.25) is 0 Å². The molecule has 1 N–H and O–H groups in total. The molecule has 1 nitrogen and oxygen atoms in total. The fourth-order valence-corrected chi connectivity index (χ4v) is 1.69. The topological polar surface area (TPSA) is 12.0 Å². The van der Waals surface area contributed by atoms with Crippen molar-refractivity contribution in [3.05, 3.63) is 28.2 Å². The largest absolute Gasteiger partial charge is 0.385 e. The molecule has 15 heavy (non-hydrogen) atoms. The average molecular weight is 246 g/mol. The third kappa shape index (κ3) is 4.76. The third-order valence-corrected chi connectivity index (χ3v) is 3.02. The third-order valence-electron chi connectivity index (χ3n) is 2.28. The average Bonchev–Trinajstić information content (AvgIpc) is 2.23. The number of hydrogen-bond donors (Lipinski definition) is 1. The van der Waals surface area contributed by atoms with Gasteiger partial charge in [-0.25, -0.2) is 0 Å². The first-order chi connectivity index (χ1) is 7.24. The monoisotopic (exact) mass is 245 g/mol. The molecule has 1 aromatic carbocycles. The van der Waals surface area contributed by atoms with Gasteiger partial charge in [-0.15, -0.1) is 0 Å². The van der Waals surface area contributed by atoms with Crippen LogP contribution in [0.1, 0.15) is 32.6 Å². The van der Waals surface area contributed by atoms with Crippen molar-refractivity contribution in [1.82, 2.24) is 0 Å². The van der Waals surface area contributed by atoms with Crippen LogP contribution in [-0.4, -0.2) is 6.54 Å². The molecular weight excluding hydrogens is 229 g/mol. The van der Waals surface area contributed by atoms with Gasteiger partial charge in [0.2, 0.25) is 0 Å². The number of halogens is 2. The zero-order valence-corrected chi connectivity index (χ0v) is 10.5. The van der Waals surface area contributed by atoms with Gasteiger partial charge < -0.3 is 5.32 Å². The van der Waals surface area contributed by atoms with Gasteiger partial charge in [-0.1, -0.05) is 49.4 Å². The van der Waals surface area contributed by atoms with E-state index in [1.807, 2.05) is 18.2 Å². The number of nitrogens with one attached hydrogen (secondary N) is 1. The van der Waals surface area contributed by atoms with E-state index in [2.05, 4.69) is 12.2 Å². The van der Waals surface area contributed by atoms with Crippen molar-refractivity contribution in [3.8, 4) is 0 Å². The maximum atomic E-state index is 5.90. The van der Waals surface area contributed by atoms with Gasteiger partial charge in [0.25, 0.3) is 0 Å². The summed E-state index contributed by atoms with van der Waals surface area (Å²) in [5.74, 6) is 0. The number of hydrogen-bond acceptors (Lipinski definition) is 1. The predicted octanol–water partition coefficient (Wildman–Crippen LogP) is 4.99. The van der Waals surface area contributed by atoms with Crippen LogP contribution in [0.5, 0.6) is 0 Å². The molecule has 0 spiro atoms. The summed E-state index contributed by atoms with van der Waals surface area (Å²) in [5.41, 5.74) is 1.04. The van der Waals surface area contributed by atoms with Crippen molar-refractivity contribution in [1.29, 1.82) is 0 Å². The first kappa shape index (κ1) is 12.7. The first-order valence-corrected chi connectivity index (χ1v) is 6.18. The molecule has 84 valence electrons. The fourth-order valence-electron chi connectivity index (χ4n) is 1.39. The van der Waals surface area contributed by atoms with E-state index in [1.165, 1.54) is 25.7 Å². The molecule has 0 aliphatic heterocycles. The molecule has 0 saturated heterocycles. The molecule has 0 atom stereocenters. The molecule has 0 saturated carbocycles. The summed E-state index contributed by atoms with van der Waals surface area (Å²) in [6, 6.07) is 5.63. The second kappa shape index (κ2) is 6.97. The molecule has 0 radical (unpaired) electrons. The SMILES string of the molecule is CCCCCCNc1ccc(Cl)c(Cl)c1. The highest BCUT2D eigenvalue weighted by atomic mass is 35.5. The molecule has 3 heteroatoms. The van der Waals surface area contributed by atoms with Crippen LogP contribution in [0.15, 0.2) is 18.2 Å². The normalized spacial score (nSPS) is 10.3. The lowest BCUT2D eigenvalue weighted by atomic mass is 10.2. The van der Waals surface area contributed by atoms with Crippen molar-refractivity contribution in [2.75, 3.05) is 11.9 Å². The Kier molecular flexibility index (Phi) is 5.89. The predicted molar refractivity (Wildman–Crippen MR) is 69.1 cm³/mol. The van der Waals surface area contributed by atoms with Crippen molar-refractivity contribution in [2.24, 2.45) is 0 Å². The van der Waals surface area contributed by atoms with E-state index in [0.717, 1.165) is 12.2 Å². The Morgan fingerprint density at radius 1 is 1.07 bits per heavy atom. The summed E-state index contributed by atoms with van der Waals surface area (Å²) >= 11 is 11.7.